The van der Waals surface area contributed by atoms with Crippen molar-refractivity contribution in [2.75, 3.05) is 13.2 Å². The monoisotopic (exact) mass is 313 g/mol. The molecular formula is C17H25ClFNO. The van der Waals surface area contributed by atoms with Crippen molar-refractivity contribution in [1.29, 1.82) is 0 Å². The van der Waals surface area contributed by atoms with E-state index in [1.54, 1.807) is 6.07 Å². The topological polar surface area (TPSA) is 21.3 Å². The SMILES string of the molecule is CCCNC(CCC1CCCO1)Cc1cccc(Cl)c1F. The summed E-state index contributed by atoms with van der Waals surface area (Å²) in [5.74, 6) is -0.278. The lowest BCUT2D eigenvalue weighted by molar-refractivity contribution is 0.0995. The van der Waals surface area contributed by atoms with E-state index in [9.17, 15) is 4.39 Å². The summed E-state index contributed by atoms with van der Waals surface area (Å²) >= 11 is 5.87. The zero-order chi connectivity index (χ0) is 15.1. The molecule has 0 radical (unpaired) electrons. The minimum atomic E-state index is -0.278. The second-order valence-corrected chi connectivity index (χ2v) is 6.19. The van der Waals surface area contributed by atoms with E-state index in [0.29, 0.717) is 18.1 Å². The van der Waals surface area contributed by atoms with E-state index in [4.69, 9.17) is 16.3 Å². The van der Waals surface area contributed by atoms with E-state index in [1.807, 2.05) is 12.1 Å². The van der Waals surface area contributed by atoms with E-state index in [0.717, 1.165) is 38.8 Å². The number of hydrogen-bond acceptors (Lipinski definition) is 2. The third kappa shape index (κ3) is 5.24. The van der Waals surface area contributed by atoms with Gasteiger partial charge in [0, 0.05) is 12.6 Å². The Morgan fingerprint density at radius 3 is 3.05 bits per heavy atom. The van der Waals surface area contributed by atoms with Gasteiger partial charge in [-0.1, -0.05) is 30.7 Å². The largest absolute Gasteiger partial charge is 0.378 e. The Morgan fingerprint density at radius 2 is 2.33 bits per heavy atom. The van der Waals surface area contributed by atoms with Gasteiger partial charge in [-0.15, -0.1) is 0 Å². The highest BCUT2D eigenvalue weighted by Crippen LogP contribution is 2.22. The molecule has 2 unspecified atom stereocenters. The van der Waals surface area contributed by atoms with Crippen LogP contribution >= 0.6 is 11.6 Å². The molecule has 2 atom stereocenters. The van der Waals surface area contributed by atoms with Crippen LogP contribution in [0.5, 0.6) is 0 Å². The molecule has 0 aliphatic carbocycles. The fraction of sp³-hybridized carbons (Fsp3) is 0.647. The van der Waals surface area contributed by atoms with E-state index in [2.05, 4.69) is 12.2 Å². The molecule has 0 spiro atoms. The van der Waals surface area contributed by atoms with Crippen molar-refractivity contribution >= 4 is 11.6 Å². The first kappa shape index (κ1) is 16.7. The van der Waals surface area contributed by atoms with Crippen LogP contribution in [-0.2, 0) is 11.2 Å². The Labute approximate surface area is 132 Å². The van der Waals surface area contributed by atoms with Crippen molar-refractivity contribution in [1.82, 2.24) is 5.32 Å². The Bertz CT molecular complexity index is 435. The van der Waals surface area contributed by atoms with Gasteiger partial charge in [0.05, 0.1) is 11.1 Å². The Morgan fingerprint density at radius 1 is 1.48 bits per heavy atom. The molecule has 1 fully saturated rings. The van der Waals surface area contributed by atoms with Crippen molar-refractivity contribution in [3.8, 4) is 0 Å². The van der Waals surface area contributed by atoms with Crippen molar-refractivity contribution in [2.45, 2.75) is 57.6 Å². The number of benzene rings is 1. The summed E-state index contributed by atoms with van der Waals surface area (Å²) in [6, 6.07) is 5.52. The summed E-state index contributed by atoms with van der Waals surface area (Å²) in [5.41, 5.74) is 0.698. The number of halogens is 2. The summed E-state index contributed by atoms with van der Waals surface area (Å²) in [5, 5.41) is 3.73. The molecule has 1 aromatic carbocycles. The molecule has 1 aromatic rings. The lowest BCUT2D eigenvalue weighted by Crippen LogP contribution is -2.33. The van der Waals surface area contributed by atoms with Gasteiger partial charge in [-0.25, -0.2) is 4.39 Å². The molecule has 0 saturated carbocycles. The first-order valence-corrected chi connectivity index (χ1v) is 8.36. The van der Waals surface area contributed by atoms with Crippen molar-refractivity contribution in [2.24, 2.45) is 0 Å². The molecule has 1 saturated heterocycles. The van der Waals surface area contributed by atoms with Crippen LogP contribution in [-0.4, -0.2) is 25.3 Å². The van der Waals surface area contributed by atoms with Crippen LogP contribution in [0.1, 0.15) is 44.6 Å². The molecule has 4 heteroatoms. The van der Waals surface area contributed by atoms with Gasteiger partial charge in [0.1, 0.15) is 5.82 Å². The highest BCUT2D eigenvalue weighted by atomic mass is 35.5. The predicted octanol–water partition coefficient (Wildman–Crippen LogP) is 4.35. The van der Waals surface area contributed by atoms with Gasteiger partial charge in [0.2, 0.25) is 0 Å². The third-order valence-corrected chi connectivity index (χ3v) is 4.33. The first-order chi connectivity index (χ1) is 10.2. The maximum atomic E-state index is 14.0. The average molecular weight is 314 g/mol. The third-order valence-electron chi connectivity index (χ3n) is 4.04. The maximum Gasteiger partial charge on any atom is 0.145 e. The van der Waals surface area contributed by atoms with Gasteiger partial charge in [-0.3, -0.25) is 0 Å². The lowest BCUT2D eigenvalue weighted by Gasteiger charge is -2.21. The summed E-state index contributed by atoms with van der Waals surface area (Å²) in [7, 11) is 0. The van der Waals surface area contributed by atoms with Crippen LogP contribution in [0.4, 0.5) is 4.39 Å². The van der Waals surface area contributed by atoms with E-state index < -0.39 is 0 Å². The van der Waals surface area contributed by atoms with Crippen LogP contribution in [0.25, 0.3) is 0 Å². The molecule has 2 rings (SSSR count). The van der Waals surface area contributed by atoms with Gasteiger partial charge < -0.3 is 10.1 Å². The van der Waals surface area contributed by atoms with Crippen molar-refractivity contribution in [3.63, 3.8) is 0 Å². The minimum absolute atomic E-state index is 0.209. The Hall–Kier alpha value is -0.640. The maximum absolute atomic E-state index is 14.0. The quantitative estimate of drug-likeness (QED) is 0.770. The van der Waals surface area contributed by atoms with Gasteiger partial charge in [0.15, 0.2) is 0 Å². The molecular weight excluding hydrogens is 289 g/mol. The minimum Gasteiger partial charge on any atom is -0.378 e. The Kier molecular flexibility index (Phi) is 6.94. The van der Waals surface area contributed by atoms with Crippen LogP contribution in [0.3, 0.4) is 0 Å². The van der Waals surface area contributed by atoms with Crippen molar-refractivity contribution < 1.29 is 9.13 Å². The summed E-state index contributed by atoms with van der Waals surface area (Å²) in [4.78, 5) is 0. The first-order valence-electron chi connectivity index (χ1n) is 7.98. The standard InChI is InChI=1S/C17H25ClFNO/c1-2-10-20-14(8-9-15-6-4-11-21-15)12-13-5-3-7-16(18)17(13)19/h3,5,7,14-15,20H,2,4,6,8-12H2,1H3. The van der Waals surface area contributed by atoms with Crippen molar-refractivity contribution in [3.05, 3.63) is 34.6 Å². The highest BCUT2D eigenvalue weighted by molar-refractivity contribution is 6.30. The molecule has 0 bridgehead atoms. The number of rotatable bonds is 8. The number of ether oxygens (including phenoxy) is 1. The molecule has 1 aliphatic rings. The van der Waals surface area contributed by atoms with E-state index >= 15 is 0 Å². The normalized spacial score (nSPS) is 19.9. The van der Waals surface area contributed by atoms with Crippen LogP contribution < -0.4 is 5.32 Å². The van der Waals surface area contributed by atoms with Crippen LogP contribution in [0.2, 0.25) is 5.02 Å². The zero-order valence-corrected chi connectivity index (χ0v) is 13.5. The zero-order valence-electron chi connectivity index (χ0n) is 12.7. The smallest absolute Gasteiger partial charge is 0.145 e. The molecule has 1 heterocycles. The second-order valence-electron chi connectivity index (χ2n) is 5.78. The number of nitrogens with one attached hydrogen (secondary N) is 1. The molecule has 0 aromatic heterocycles. The molecule has 1 aliphatic heterocycles. The molecule has 118 valence electrons. The fourth-order valence-electron chi connectivity index (χ4n) is 2.86. The summed E-state index contributed by atoms with van der Waals surface area (Å²) < 4.78 is 19.7. The van der Waals surface area contributed by atoms with Crippen LogP contribution in [0.15, 0.2) is 18.2 Å². The average Bonchev–Trinajstić information content (AvgIpc) is 2.99. The predicted molar refractivity (Wildman–Crippen MR) is 85.4 cm³/mol. The molecule has 1 N–H and O–H groups in total. The highest BCUT2D eigenvalue weighted by Gasteiger charge is 2.19. The van der Waals surface area contributed by atoms with Gasteiger partial charge in [-0.05, 0) is 56.7 Å². The van der Waals surface area contributed by atoms with Crippen LogP contribution in [0, 0.1) is 5.82 Å². The summed E-state index contributed by atoms with van der Waals surface area (Å²) in [6.45, 7) is 3.99. The van der Waals surface area contributed by atoms with E-state index in [-0.39, 0.29) is 16.9 Å². The van der Waals surface area contributed by atoms with Gasteiger partial charge in [-0.2, -0.15) is 0 Å². The lowest BCUT2D eigenvalue weighted by atomic mass is 9.98. The number of hydrogen-bond donors (Lipinski definition) is 1. The van der Waals surface area contributed by atoms with E-state index in [1.165, 1.54) is 6.42 Å². The summed E-state index contributed by atoms with van der Waals surface area (Å²) in [6.07, 6.45) is 6.53. The second kappa shape index (κ2) is 8.72. The van der Waals surface area contributed by atoms with Gasteiger partial charge in [0.25, 0.3) is 0 Å². The van der Waals surface area contributed by atoms with Gasteiger partial charge >= 0.3 is 0 Å². The molecule has 2 nitrogen and oxygen atoms in total. The Balaban J connectivity index is 1.92. The fourth-order valence-corrected chi connectivity index (χ4v) is 3.05. The molecule has 21 heavy (non-hydrogen) atoms. The molecule has 0 amide bonds.